The fourth-order valence-corrected chi connectivity index (χ4v) is 2.62. The van der Waals surface area contributed by atoms with E-state index in [0.717, 1.165) is 38.3 Å². The van der Waals surface area contributed by atoms with Crippen molar-refractivity contribution >= 4 is 5.69 Å². The van der Waals surface area contributed by atoms with Gasteiger partial charge in [0.05, 0.1) is 0 Å². The summed E-state index contributed by atoms with van der Waals surface area (Å²) >= 11 is 0. The van der Waals surface area contributed by atoms with Crippen LogP contribution in [0, 0.1) is 5.82 Å². The first-order chi connectivity index (χ1) is 9.11. The molecule has 0 amide bonds. The molecule has 1 aromatic rings. The molecule has 1 N–H and O–H groups in total. The lowest BCUT2D eigenvalue weighted by Gasteiger charge is -2.36. The number of hydrogen-bond donors (Lipinski definition) is 1. The van der Waals surface area contributed by atoms with E-state index in [-0.39, 0.29) is 11.9 Å². The molecule has 1 unspecified atom stereocenters. The zero-order valence-corrected chi connectivity index (χ0v) is 12.1. The molecule has 19 heavy (non-hydrogen) atoms. The van der Waals surface area contributed by atoms with E-state index in [2.05, 4.69) is 36.0 Å². The Kier molecular flexibility index (Phi) is 4.77. The summed E-state index contributed by atoms with van der Waals surface area (Å²) < 4.78 is 13.5. The second kappa shape index (κ2) is 6.35. The lowest BCUT2D eigenvalue weighted by Crippen LogP contribution is -2.45. The van der Waals surface area contributed by atoms with Crippen molar-refractivity contribution in [2.45, 2.75) is 19.9 Å². The van der Waals surface area contributed by atoms with Gasteiger partial charge in [-0.2, -0.15) is 0 Å². The van der Waals surface area contributed by atoms with Gasteiger partial charge >= 0.3 is 0 Å². The minimum absolute atomic E-state index is 0.155. The molecule has 4 heteroatoms. The molecule has 1 aromatic carbocycles. The third kappa shape index (κ3) is 3.45. The molecule has 1 aliphatic heterocycles. The Morgan fingerprint density at radius 2 is 1.95 bits per heavy atom. The van der Waals surface area contributed by atoms with E-state index in [1.165, 1.54) is 5.69 Å². The number of rotatable bonds is 4. The van der Waals surface area contributed by atoms with Gasteiger partial charge in [-0.05, 0) is 44.3 Å². The summed E-state index contributed by atoms with van der Waals surface area (Å²) in [5, 5.41) is 3.37. The van der Waals surface area contributed by atoms with Crippen molar-refractivity contribution in [1.82, 2.24) is 10.2 Å². The fourth-order valence-electron chi connectivity index (χ4n) is 2.62. The largest absolute Gasteiger partial charge is 0.369 e. The average Bonchev–Trinajstić information content (AvgIpc) is 2.40. The molecule has 0 saturated carbocycles. The number of nitrogens with zero attached hydrogens (tertiary/aromatic N) is 2. The van der Waals surface area contributed by atoms with Gasteiger partial charge in [-0.1, -0.05) is 6.92 Å². The average molecular weight is 265 g/mol. The number of likely N-dealkylation sites (N-methyl/N-ethyl adjacent to an activating group) is 1. The van der Waals surface area contributed by atoms with E-state index in [9.17, 15) is 4.39 Å². The summed E-state index contributed by atoms with van der Waals surface area (Å²) in [7, 11) is 2.14. The Labute approximate surface area is 115 Å². The van der Waals surface area contributed by atoms with Crippen molar-refractivity contribution in [3.05, 3.63) is 29.6 Å². The van der Waals surface area contributed by atoms with Gasteiger partial charge in [-0.25, -0.2) is 4.39 Å². The highest BCUT2D eigenvalue weighted by Crippen LogP contribution is 2.28. The standard InChI is InChI=1S/C15H24FN3/c1-4-17-12(2)14-11-13(16)5-6-15(14)19-9-7-18(3)8-10-19/h5-6,11-12,17H,4,7-10H2,1-3H3. The van der Waals surface area contributed by atoms with Crippen LogP contribution in [0.3, 0.4) is 0 Å². The zero-order valence-electron chi connectivity index (χ0n) is 12.1. The smallest absolute Gasteiger partial charge is 0.123 e. The molecular weight excluding hydrogens is 241 g/mol. The van der Waals surface area contributed by atoms with Crippen molar-refractivity contribution < 1.29 is 4.39 Å². The number of nitrogens with one attached hydrogen (secondary N) is 1. The lowest BCUT2D eigenvalue weighted by atomic mass is 10.0. The zero-order chi connectivity index (χ0) is 13.8. The Balaban J connectivity index is 2.23. The van der Waals surface area contributed by atoms with E-state index in [0.29, 0.717) is 0 Å². The second-order valence-electron chi connectivity index (χ2n) is 5.27. The highest BCUT2D eigenvalue weighted by Gasteiger charge is 2.19. The quantitative estimate of drug-likeness (QED) is 0.901. The summed E-state index contributed by atoms with van der Waals surface area (Å²) in [6.07, 6.45) is 0. The molecule has 106 valence electrons. The van der Waals surface area contributed by atoms with Crippen LogP contribution in [0.5, 0.6) is 0 Å². The van der Waals surface area contributed by atoms with Crippen LogP contribution in [-0.2, 0) is 0 Å². The van der Waals surface area contributed by atoms with E-state index in [1.54, 1.807) is 12.1 Å². The summed E-state index contributed by atoms with van der Waals surface area (Å²) in [6, 6.07) is 5.33. The first-order valence-corrected chi connectivity index (χ1v) is 7.08. The topological polar surface area (TPSA) is 18.5 Å². The maximum absolute atomic E-state index is 13.5. The van der Waals surface area contributed by atoms with E-state index in [4.69, 9.17) is 0 Å². The monoisotopic (exact) mass is 265 g/mol. The van der Waals surface area contributed by atoms with E-state index in [1.807, 2.05) is 6.07 Å². The van der Waals surface area contributed by atoms with Crippen molar-refractivity contribution in [1.29, 1.82) is 0 Å². The van der Waals surface area contributed by atoms with E-state index >= 15 is 0 Å². The van der Waals surface area contributed by atoms with Gasteiger partial charge in [-0.3, -0.25) is 0 Å². The molecule has 1 fully saturated rings. The molecule has 1 aliphatic rings. The molecule has 0 radical (unpaired) electrons. The first kappa shape index (κ1) is 14.3. The number of halogens is 1. The molecule has 2 rings (SSSR count). The minimum atomic E-state index is -0.155. The number of anilines is 1. The molecular formula is C15H24FN3. The van der Waals surface area contributed by atoms with Gasteiger partial charge in [0.25, 0.3) is 0 Å². The maximum Gasteiger partial charge on any atom is 0.123 e. The van der Waals surface area contributed by atoms with Crippen molar-refractivity contribution in [2.75, 3.05) is 44.7 Å². The van der Waals surface area contributed by atoms with E-state index < -0.39 is 0 Å². The van der Waals surface area contributed by atoms with Crippen LogP contribution in [0.2, 0.25) is 0 Å². The van der Waals surface area contributed by atoms with Crippen LogP contribution < -0.4 is 10.2 Å². The molecule has 0 bridgehead atoms. The third-order valence-electron chi connectivity index (χ3n) is 3.81. The summed E-state index contributed by atoms with van der Waals surface area (Å²) in [5.41, 5.74) is 2.23. The summed E-state index contributed by atoms with van der Waals surface area (Å²) in [6.45, 7) is 9.20. The summed E-state index contributed by atoms with van der Waals surface area (Å²) in [4.78, 5) is 4.69. The summed E-state index contributed by atoms with van der Waals surface area (Å²) in [5.74, 6) is -0.155. The van der Waals surface area contributed by atoms with Crippen molar-refractivity contribution in [3.8, 4) is 0 Å². The Morgan fingerprint density at radius 1 is 1.26 bits per heavy atom. The van der Waals surface area contributed by atoms with Crippen LogP contribution in [-0.4, -0.2) is 44.7 Å². The van der Waals surface area contributed by atoms with Gasteiger partial charge in [0.1, 0.15) is 5.82 Å². The number of piperazine rings is 1. The molecule has 3 nitrogen and oxygen atoms in total. The minimum Gasteiger partial charge on any atom is -0.369 e. The normalized spacial score (nSPS) is 18.6. The molecule has 1 heterocycles. The number of benzene rings is 1. The second-order valence-corrected chi connectivity index (χ2v) is 5.27. The van der Waals surface area contributed by atoms with Crippen LogP contribution in [0.1, 0.15) is 25.5 Å². The van der Waals surface area contributed by atoms with Gasteiger partial charge < -0.3 is 15.1 Å². The lowest BCUT2D eigenvalue weighted by molar-refractivity contribution is 0.312. The predicted octanol–water partition coefficient (Wildman–Crippen LogP) is 2.25. The van der Waals surface area contributed by atoms with Crippen LogP contribution >= 0.6 is 0 Å². The SMILES string of the molecule is CCNC(C)c1cc(F)ccc1N1CCN(C)CC1. The Morgan fingerprint density at radius 3 is 2.58 bits per heavy atom. The first-order valence-electron chi connectivity index (χ1n) is 7.08. The molecule has 0 aliphatic carbocycles. The van der Waals surface area contributed by atoms with Crippen molar-refractivity contribution in [2.24, 2.45) is 0 Å². The Bertz CT molecular complexity index is 414. The molecule has 1 saturated heterocycles. The van der Waals surface area contributed by atoms with Crippen LogP contribution in [0.15, 0.2) is 18.2 Å². The highest BCUT2D eigenvalue weighted by atomic mass is 19.1. The number of hydrogen-bond acceptors (Lipinski definition) is 3. The van der Waals surface area contributed by atoms with Gasteiger partial charge in [0.2, 0.25) is 0 Å². The molecule has 0 aromatic heterocycles. The predicted molar refractivity (Wildman–Crippen MR) is 78.2 cm³/mol. The highest BCUT2D eigenvalue weighted by molar-refractivity contribution is 5.55. The third-order valence-corrected chi connectivity index (χ3v) is 3.81. The molecule has 1 atom stereocenters. The Hall–Kier alpha value is -1.13. The fraction of sp³-hybridized carbons (Fsp3) is 0.600. The maximum atomic E-state index is 13.5. The van der Waals surface area contributed by atoms with Crippen molar-refractivity contribution in [3.63, 3.8) is 0 Å². The molecule has 0 spiro atoms. The van der Waals surface area contributed by atoms with Crippen LogP contribution in [0.25, 0.3) is 0 Å². The van der Waals surface area contributed by atoms with Gasteiger partial charge in [-0.15, -0.1) is 0 Å². The van der Waals surface area contributed by atoms with Gasteiger partial charge in [0.15, 0.2) is 0 Å². The van der Waals surface area contributed by atoms with Crippen LogP contribution in [0.4, 0.5) is 10.1 Å². The van der Waals surface area contributed by atoms with Gasteiger partial charge in [0, 0.05) is 37.9 Å².